The van der Waals surface area contributed by atoms with Crippen molar-refractivity contribution >= 4 is 27.3 Å². The van der Waals surface area contributed by atoms with Gasteiger partial charge in [-0.05, 0) is 48.7 Å². The fourth-order valence-electron chi connectivity index (χ4n) is 2.93. The average molecular weight is 345 g/mol. The SMILES string of the molecule is CCCNCc1ccc(Br)cc1N1CCc2ccccc21. The molecule has 0 aliphatic carbocycles. The Balaban J connectivity index is 1.92. The molecule has 0 fully saturated rings. The normalized spacial score (nSPS) is 13.5. The second-order valence-corrected chi connectivity index (χ2v) is 6.40. The van der Waals surface area contributed by atoms with Crippen LogP contribution in [0.4, 0.5) is 11.4 Å². The Kier molecular flexibility index (Phi) is 4.61. The van der Waals surface area contributed by atoms with Crippen molar-refractivity contribution < 1.29 is 0 Å². The summed E-state index contributed by atoms with van der Waals surface area (Å²) in [7, 11) is 0. The lowest BCUT2D eigenvalue weighted by molar-refractivity contribution is 0.675. The Labute approximate surface area is 135 Å². The van der Waals surface area contributed by atoms with Crippen molar-refractivity contribution in [2.24, 2.45) is 0 Å². The molecule has 0 radical (unpaired) electrons. The lowest BCUT2D eigenvalue weighted by Gasteiger charge is -2.23. The molecule has 2 aromatic rings. The van der Waals surface area contributed by atoms with Crippen LogP contribution >= 0.6 is 15.9 Å². The summed E-state index contributed by atoms with van der Waals surface area (Å²) < 4.78 is 1.14. The first kappa shape index (κ1) is 14.6. The molecule has 0 unspecified atom stereocenters. The van der Waals surface area contributed by atoms with E-state index in [0.717, 1.165) is 30.5 Å². The quantitative estimate of drug-likeness (QED) is 0.794. The second-order valence-electron chi connectivity index (χ2n) is 5.48. The summed E-state index contributed by atoms with van der Waals surface area (Å²) >= 11 is 3.62. The number of nitrogens with one attached hydrogen (secondary N) is 1. The van der Waals surface area contributed by atoms with E-state index in [1.165, 1.54) is 28.9 Å². The first-order valence-electron chi connectivity index (χ1n) is 7.64. The summed E-state index contributed by atoms with van der Waals surface area (Å²) in [6, 6.07) is 15.3. The predicted molar refractivity (Wildman–Crippen MR) is 93.3 cm³/mol. The van der Waals surface area contributed by atoms with Crippen molar-refractivity contribution in [2.75, 3.05) is 18.0 Å². The molecule has 0 amide bonds. The van der Waals surface area contributed by atoms with E-state index < -0.39 is 0 Å². The molecule has 1 heterocycles. The molecule has 0 atom stereocenters. The summed E-state index contributed by atoms with van der Waals surface area (Å²) in [5.41, 5.74) is 5.48. The summed E-state index contributed by atoms with van der Waals surface area (Å²) in [6.07, 6.45) is 2.29. The number of fused-ring (bicyclic) bond motifs is 1. The largest absolute Gasteiger partial charge is 0.341 e. The second kappa shape index (κ2) is 6.63. The standard InChI is InChI=1S/C18H21BrN2/c1-2-10-20-13-15-7-8-16(19)12-18(15)21-11-9-14-5-3-4-6-17(14)21/h3-8,12,20H,2,9-11,13H2,1H3. The van der Waals surface area contributed by atoms with E-state index in [9.17, 15) is 0 Å². The molecule has 2 nitrogen and oxygen atoms in total. The molecule has 0 aromatic heterocycles. The fourth-order valence-corrected chi connectivity index (χ4v) is 3.28. The van der Waals surface area contributed by atoms with Gasteiger partial charge < -0.3 is 10.2 Å². The molecule has 0 saturated carbocycles. The van der Waals surface area contributed by atoms with Gasteiger partial charge in [0.1, 0.15) is 0 Å². The van der Waals surface area contributed by atoms with Crippen molar-refractivity contribution in [3.63, 3.8) is 0 Å². The van der Waals surface area contributed by atoms with E-state index >= 15 is 0 Å². The number of hydrogen-bond acceptors (Lipinski definition) is 2. The Hall–Kier alpha value is -1.32. The minimum atomic E-state index is 0.926. The van der Waals surface area contributed by atoms with Crippen molar-refractivity contribution in [2.45, 2.75) is 26.3 Å². The Morgan fingerprint density at radius 1 is 1.14 bits per heavy atom. The first-order chi connectivity index (χ1) is 10.3. The molecule has 2 aromatic carbocycles. The maximum absolute atomic E-state index is 3.62. The summed E-state index contributed by atoms with van der Waals surface area (Å²) in [5.74, 6) is 0. The fraction of sp³-hybridized carbons (Fsp3) is 0.333. The lowest BCUT2D eigenvalue weighted by Crippen LogP contribution is -2.19. The van der Waals surface area contributed by atoms with Gasteiger partial charge in [-0.15, -0.1) is 0 Å². The van der Waals surface area contributed by atoms with Gasteiger partial charge in [0.2, 0.25) is 0 Å². The molecule has 1 aliphatic heterocycles. The predicted octanol–water partition coefficient (Wildman–Crippen LogP) is 4.64. The molecule has 0 saturated heterocycles. The van der Waals surface area contributed by atoms with Crippen molar-refractivity contribution in [3.05, 3.63) is 58.1 Å². The van der Waals surface area contributed by atoms with Crippen molar-refractivity contribution in [1.82, 2.24) is 5.32 Å². The van der Waals surface area contributed by atoms with Gasteiger partial charge in [0, 0.05) is 28.9 Å². The number of hydrogen-bond donors (Lipinski definition) is 1. The van der Waals surface area contributed by atoms with Crippen LogP contribution in [0.5, 0.6) is 0 Å². The zero-order chi connectivity index (χ0) is 14.7. The maximum atomic E-state index is 3.62. The molecule has 0 spiro atoms. The van der Waals surface area contributed by atoms with Crippen LogP contribution in [-0.4, -0.2) is 13.1 Å². The number of benzene rings is 2. The highest BCUT2D eigenvalue weighted by atomic mass is 79.9. The monoisotopic (exact) mass is 344 g/mol. The molecule has 3 rings (SSSR count). The third-order valence-electron chi connectivity index (χ3n) is 3.97. The van der Waals surface area contributed by atoms with Crippen LogP contribution in [0.15, 0.2) is 46.9 Å². The molecule has 1 aliphatic rings. The Morgan fingerprint density at radius 3 is 2.86 bits per heavy atom. The van der Waals surface area contributed by atoms with Crippen LogP contribution in [0, 0.1) is 0 Å². The van der Waals surface area contributed by atoms with Gasteiger partial charge >= 0.3 is 0 Å². The summed E-state index contributed by atoms with van der Waals surface area (Å²) in [5, 5.41) is 3.52. The van der Waals surface area contributed by atoms with Gasteiger partial charge in [0.25, 0.3) is 0 Å². The molecule has 21 heavy (non-hydrogen) atoms. The highest BCUT2D eigenvalue weighted by Gasteiger charge is 2.21. The van der Waals surface area contributed by atoms with Crippen LogP contribution < -0.4 is 10.2 Å². The zero-order valence-electron chi connectivity index (χ0n) is 12.4. The average Bonchev–Trinajstić information content (AvgIpc) is 2.93. The van der Waals surface area contributed by atoms with Gasteiger partial charge in [0.15, 0.2) is 0 Å². The van der Waals surface area contributed by atoms with Gasteiger partial charge in [-0.2, -0.15) is 0 Å². The minimum absolute atomic E-state index is 0.926. The van der Waals surface area contributed by atoms with E-state index in [1.54, 1.807) is 0 Å². The topological polar surface area (TPSA) is 15.3 Å². The third-order valence-corrected chi connectivity index (χ3v) is 4.46. The molecule has 110 valence electrons. The molecular formula is C18H21BrN2. The smallest absolute Gasteiger partial charge is 0.0467 e. The number of anilines is 2. The molecule has 1 N–H and O–H groups in total. The van der Waals surface area contributed by atoms with E-state index in [2.05, 4.69) is 75.5 Å². The first-order valence-corrected chi connectivity index (χ1v) is 8.43. The summed E-state index contributed by atoms with van der Waals surface area (Å²) in [6.45, 7) is 5.25. The number of para-hydroxylation sites is 1. The van der Waals surface area contributed by atoms with Crippen molar-refractivity contribution in [1.29, 1.82) is 0 Å². The number of rotatable bonds is 5. The maximum Gasteiger partial charge on any atom is 0.0467 e. The number of nitrogens with zero attached hydrogens (tertiary/aromatic N) is 1. The zero-order valence-corrected chi connectivity index (χ0v) is 14.0. The van der Waals surface area contributed by atoms with Crippen LogP contribution in [-0.2, 0) is 13.0 Å². The number of halogens is 1. The van der Waals surface area contributed by atoms with Crippen LogP contribution in [0.3, 0.4) is 0 Å². The third kappa shape index (κ3) is 3.14. The summed E-state index contributed by atoms with van der Waals surface area (Å²) in [4.78, 5) is 2.45. The lowest BCUT2D eigenvalue weighted by atomic mass is 10.1. The van der Waals surface area contributed by atoms with Crippen molar-refractivity contribution in [3.8, 4) is 0 Å². The van der Waals surface area contributed by atoms with E-state index in [1.807, 2.05) is 0 Å². The Bertz CT molecular complexity index is 624. The van der Waals surface area contributed by atoms with E-state index in [-0.39, 0.29) is 0 Å². The minimum Gasteiger partial charge on any atom is -0.341 e. The van der Waals surface area contributed by atoms with Crippen LogP contribution in [0.2, 0.25) is 0 Å². The highest BCUT2D eigenvalue weighted by molar-refractivity contribution is 9.10. The van der Waals surface area contributed by atoms with E-state index in [0.29, 0.717) is 0 Å². The molecule has 3 heteroatoms. The van der Waals surface area contributed by atoms with Gasteiger partial charge in [-0.3, -0.25) is 0 Å². The van der Waals surface area contributed by atoms with Gasteiger partial charge in [-0.1, -0.05) is 47.1 Å². The van der Waals surface area contributed by atoms with Gasteiger partial charge in [-0.25, -0.2) is 0 Å². The molecular weight excluding hydrogens is 324 g/mol. The van der Waals surface area contributed by atoms with Gasteiger partial charge in [0.05, 0.1) is 0 Å². The van der Waals surface area contributed by atoms with Crippen LogP contribution in [0.25, 0.3) is 0 Å². The van der Waals surface area contributed by atoms with E-state index in [4.69, 9.17) is 0 Å². The van der Waals surface area contributed by atoms with Crippen LogP contribution in [0.1, 0.15) is 24.5 Å². The molecule has 0 bridgehead atoms. The highest BCUT2D eigenvalue weighted by Crippen LogP contribution is 2.37. The Morgan fingerprint density at radius 2 is 2.00 bits per heavy atom.